The van der Waals surface area contributed by atoms with Crippen LogP contribution in [-0.2, 0) is 0 Å². The predicted octanol–water partition coefficient (Wildman–Crippen LogP) is 3.00. The van der Waals surface area contributed by atoms with Crippen molar-refractivity contribution in [3.8, 4) is 5.75 Å². The predicted molar refractivity (Wildman–Crippen MR) is 80.0 cm³/mol. The van der Waals surface area contributed by atoms with Gasteiger partial charge in [-0.3, -0.25) is 4.79 Å². The van der Waals surface area contributed by atoms with Gasteiger partial charge in [-0.1, -0.05) is 5.16 Å². The average molecular weight is 337 g/mol. The lowest BCUT2D eigenvalue weighted by molar-refractivity contribution is -0.0498. The summed E-state index contributed by atoms with van der Waals surface area (Å²) in [6.07, 6.45) is 1.50. The van der Waals surface area contributed by atoms with E-state index in [-0.39, 0.29) is 17.6 Å². The molecule has 0 unspecified atom stereocenters. The van der Waals surface area contributed by atoms with Crippen molar-refractivity contribution in [2.24, 2.45) is 0 Å². The zero-order chi connectivity index (χ0) is 17.1. The van der Waals surface area contributed by atoms with Gasteiger partial charge in [-0.25, -0.2) is 0 Å². The van der Waals surface area contributed by atoms with Crippen LogP contribution < -0.4 is 4.74 Å². The third kappa shape index (κ3) is 3.69. The molecule has 3 rings (SSSR count). The smallest absolute Gasteiger partial charge is 0.387 e. The number of aromatic nitrogens is 2. The second kappa shape index (κ2) is 6.94. The van der Waals surface area contributed by atoms with Crippen molar-refractivity contribution in [1.29, 1.82) is 0 Å². The van der Waals surface area contributed by atoms with Crippen LogP contribution in [0.15, 0.2) is 28.8 Å². The van der Waals surface area contributed by atoms with Crippen LogP contribution in [0.1, 0.15) is 40.8 Å². The highest BCUT2D eigenvalue weighted by atomic mass is 19.3. The molecule has 0 saturated carbocycles. The van der Waals surface area contributed by atoms with Gasteiger partial charge in [0.15, 0.2) is 5.82 Å². The molecule has 128 valence electrons. The van der Waals surface area contributed by atoms with E-state index in [2.05, 4.69) is 14.9 Å². The molecule has 1 fully saturated rings. The van der Waals surface area contributed by atoms with E-state index >= 15 is 0 Å². The van der Waals surface area contributed by atoms with E-state index in [9.17, 15) is 13.6 Å². The van der Waals surface area contributed by atoms with E-state index in [1.165, 1.54) is 24.3 Å². The normalized spacial score (nSPS) is 15.8. The Morgan fingerprint density at radius 1 is 1.29 bits per heavy atom. The van der Waals surface area contributed by atoms with E-state index in [1.54, 1.807) is 11.8 Å². The Hall–Kier alpha value is -2.51. The van der Waals surface area contributed by atoms with Gasteiger partial charge in [-0.15, -0.1) is 0 Å². The first-order chi connectivity index (χ1) is 11.5. The summed E-state index contributed by atoms with van der Waals surface area (Å²) in [4.78, 5) is 18.4. The molecule has 6 nitrogen and oxygen atoms in total. The molecule has 1 aliphatic rings. The molecule has 1 amide bonds. The van der Waals surface area contributed by atoms with Crippen molar-refractivity contribution in [3.63, 3.8) is 0 Å². The maximum absolute atomic E-state index is 12.5. The second-order valence-electron chi connectivity index (χ2n) is 5.65. The lowest BCUT2D eigenvalue weighted by atomic mass is 9.96. The molecule has 8 heteroatoms. The zero-order valence-corrected chi connectivity index (χ0v) is 13.1. The fourth-order valence-electron chi connectivity index (χ4n) is 2.77. The van der Waals surface area contributed by atoms with Gasteiger partial charge < -0.3 is 14.2 Å². The van der Waals surface area contributed by atoms with Crippen molar-refractivity contribution in [2.75, 3.05) is 13.1 Å². The number of ether oxygens (including phenoxy) is 1. The Labute approximate surface area is 137 Å². The molecule has 24 heavy (non-hydrogen) atoms. The second-order valence-corrected chi connectivity index (χ2v) is 5.65. The topological polar surface area (TPSA) is 68.5 Å². The lowest BCUT2D eigenvalue weighted by Gasteiger charge is -2.30. The molecule has 0 spiro atoms. The summed E-state index contributed by atoms with van der Waals surface area (Å²) >= 11 is 0. The number of benzene rings is 1. The molecule has 1 aromatic carbocycles. The standard InChI is InChI=1S/C16H17F2N3O3/c1-10-19-14(24-20-10)11-6-8-21(9-7-11)15(22)12-2-4-13(5-3-12)23-16(17)18/h2-5,11,16H,6-9H2,1H3. The minimum Gasteiger partial charge on any atom is -0.435 e. The molecule has 0 bridgehead atoms. The first kappa shape index (κ1) is 16.4. The summed E-state index contributed by atoms with van der Waals surface area (Å²) in [6.45, 7) is 0.0620. The number of likely N-dealkylation sites (tertiary alicyclic amines) is 1. The fourth-order valence-corrected chi connectivity index (χ4v) is 2.77. The maximum Gasteiger partial charge on any atom is 0.387 e. The van der Waals surface area contributed by atoms with Crippen LogP contribution in [0.3, 0.4) is 0 Å². The van der Waals surface area contributed by atoms with Gasteiger partial charge >= 0.3 is 6.61 Å². The third-order valence-corrected chi connectivity index (χ3v) is 4.00. The van der Waals surface area contributed by atoms with Crippen LogP contribution >= 0.6 is 0 Å². The number of halogens is 2. The van der Waals surface area contributed by atoms with Crippen LogP contribution in [0.4, 0.5) is 8.78 Å². The maximum atomic E-state index is 12.5. The Kier molecular flexibility index (Phi) is 4.73. The minimum absolute atomic E-state index is 0.0343. The van der Waals surface area contributed by atoms with Crippen LogP contribution in [0.5, 0.6) is 5.75 Å². The van der Waals surface area contributed by atoms with Crippen molar-refractivity contribution in [2.45, 2.75) is 32.3 Å². The number of aryl methyl sites for hydroxylation is 1. The molecule has 2 aromatic rings. The number of alkyl halides is 2. The van der Waals surface area contributed by atoms with Crippen LogP contribution in [0, 0.1) is 6.92 Å². The van der Waals surface area contributed by atoms with Gasteiger partial charge in [0.1, 0.15) is 5.75 Å². The van der Waals surface area contributed by atoms with E-state index in [4.69, 9.17) is 4.52 Å². The number of nitrogens with zero attached hydrogens (tertiary/aromatic N) is 3. The van der Waals surface area contributed by atoms with E-state index in [1.807, 2.05) is 0 Å². The van der Waals surface area contributed by atoms with Crippen LogP contribution in [-0.4, -0.2) is 40.6 Å². The molecule has 1 aliphatic heterocycles. The number of carbonyl (C=O) groups is 1. The fraction of sp³-hybridized carbons (Fsp3) is 0.438. The Balaban J connectivity index is 1.58. The van der Waals surface area contributed by atoms with E-state index in [0.29, 0.717) is 30.4 Å². The molecular formula is C16H17F2N3O3. The van der Waals surface area contributed by atoms with E-state index in [0.717, 1.165) is 12.8 Å². The van der Waals surface area contributed by atoms with Gasteiger partial charge in [-0.2, -0.15) is 13.8 Å². The highest BCUT2D eigenvalue weighted by Crippen LogP contribution is 2.27. The molecule has 0 aliphatic carbocycles. The number of amides is 1. The number of hydrogen-bond acceptors (Lipinski definition) is 5. The summed E-state index contributed by atoms with van der Waals surface area (Å²) in [5.74, 6) is 1.30. The highest BCUT2D eigenvalue weighted by Gasteiger charge is 2.27. The molecule has 2 heterocycles. The van der Waals surface area contributed by atoms with Crippen LogP contribution in [0.25, 0.3) is 0 Å². The van der Waals surface area contributed by atoms with E-state index < -0.39 is 6.61 Å². The van der Waals surface area contributed by atoms with Crippen LogP contribution in [0.2, 0.25) is 0 Å². The number of rotatable bonds is 4. The summed E-state index contributed by atoms with van der Waals surface area (Å²) in [5, 5.41) is 3.79. The van der Waals surface area contributed by atoms with Crippen molar-refractivity contribution >= 4 is 5.91 Å². The van der Waals surface area contributed by atoms with Gasteiger partial charge in [-0.05, 0) is 44.0 Å². The lowest BCUT2D eigenvalue weighted by Crippen LogP contribution is -2.38. The van der Waals surface area contributed by atoms with Gasteiger partial charge in [0.2, 0.25) is 5.89 Å². The Bertz CT molecular complexity index is 695. The zero-order valence-electron chi connectivity index (χ0n) is 13.1. The largest absolute Gasteiger partial charge is 0.435 e. The molecule has 0 radical (unpaired) electrons. The summed E-state index contributed by atoms with van der Waals surface area (Å²) in [5.41, 5.74) is 0.448. The SMILES string of the molecule is Cc1noc(C2CCN(C(=O)c3ccc(OC(F)F)cc3)CC2)n1. The first-order valence-corrected chi connectivity index (χ1v) is 7.67. The van der Waals surface area contributed by atoms with Crippen molar-refractivity contribution in [1.82, 2.24) is 15.0 Å². The average Bonchev–Trinajstić information content (AvgIpc) is 3.01. The van der Waals surface area contributed by atoms with Crippen molar-refractivity contribution < 1.29 is 22.8 Å². The van der Waals surface area contributed by atoms with Crippen molar-refractivity contribution in [3.05, 3.63) is 41.5 Å². The summed E-state index contributed by atoms with van der Waals surface area (Å²) in [6, 6.07) is 5.72. The summed E-state index contributed by atoms with van der Waals surface area (Å²) in [7, 11) is 0. The quantitative estimate of drug-likeness (QED) is 0.858. The molecule has 0 atom stereocenters. The highest BCUT2D eigenvalue weighted by molar-refractivity contribution is 5.94. The van der Waals surface area contributed by atoms with Gasteiger partial charge in [0.25, 0.3) is 5.91 Å². The number of hydrogen-bond donors (Lipinski definition) is 0. The molecular weight excluding hydrogens is 320 g/mol. The summed E-state index contributed by atoms with van der Waals surface area (Å²) < 4.78 is 33.7. The third-order valence-electron chi connectivity index (χ3n) is 4.00. The first-order valence-electron chi connectivity index (χ1n) is 7.67. The molecule has 0 N–H and O–H groups in total. The monoisotopic (exact) mass is 337 g/mol. The number of carbonyl (C=O) groups excluding carboxylic acids is 1. The number of piperidine rings is 1. The molecule has 1 aromatic heterocycles. The Morgan fingerprint density at radius 2 is 1.96 bits per heavy atom. The van der Waals surface area contributed by atoms with Gasteiger partial charge in [0, 0.05) is 24.6 Å². The van der Waals surface area contributed by atoms with Gasteiger partial charge in [0.05, 0.1) is 0 Å². The molecule has 1 saturated heterocycles. The Morgan fingerprint density at radius 3 is 2.50 bits per heavy atom. The minimum atomic E-state index is -2.88.